The predicted octanol–water partition coefficient (Wildman–Crippen LogP) is 3.15. The van der Waals surface area contributed by atoms with Crippen LogP contribution in [0.4, 0.5) is 5.82 Å². The summed E-state index contributed by atoms with van der Waals surface area (Å²) in [5.74, 6) is 0.157. The fourth-order valence-corrected chi connectivity index (χ4v) is 3.01. The summed E-state index contributed by atoms with van der Waals surface area (Å²) in [5.41, 5.74) is 0.957. The van der Waals surface area contributed by atoms with Crippen LogP contribution in [0.25, 0.3) is 10.9 Å². The highest BCUT2D eigenvalue weighted by Crippen LogP contribution is 2.32. The maximum atomic E-state index is 11.2. The Kier molecular flexibility index (Phi) is 3.54. The normalized spacial score (nSPS) is 22.0. The second kappa shape index (κ2) is 5.49. The van der Waals surface area contributed by atoms with Crippen LogP contribution in [0.15, 0.2) is 36.4 Å². The van der Waals surface area contributed by atoms with Crippen molar-refractivity contribution in [1.29, 1.82) is 0 Å². The van der Waals surface area contributed by atoms with Crippen molar-refractivity contribution >= 4 is 22.7 Å². The van der Waals surface area contributed by atoms with E-state index in [0.717, 1.165) is 36.0 Å². The van der Waals surface area contributed by atoms with E-state index in [1.54, 1.807) is 0 Å². The Bertz CT molecular complexity index is 627. The van der Waals surface area contributed by atoms with E-state index < -0.39 is 5.97 Å². The van der Waals surface area contributed by atoms with Crippen LogP contribution in [0.3, 0.4) is 0 Å². The molecule has 2 N–H and O–H groups in total. The highest BCUT2D eigenvalue weighted by atomic mass is 16.4. The zero-order valence-corrected chi connectivity index (χ0v) is 11.2. The molecule has 0 amide bonds. The lowest BCUT2D eigenvalue weighted by molar-refractivity contribution is -0.142. The molecule has 1 aromatic carbocycles. The molecule has 1 fully saturated rings. The van der Waals surface area contributed by atoms with Gasteiger partial charge in [-0.2, -0.15) is 0 Å². The number of nitrogens with one attached hydrogen (secondary N) is 1. The molecule has 1 aliphatic carbocycles. The predicted molar refractivity (Wildman–Crippen MR) is 78.7 cm³/mol. The van der Waals surface area contributed by atoms with Gasteiger partial charge in [-0.25, -0.2) is 4.98 Å². The Labute approximate surface area is 117 Å². The molecule has 3 rings (SSSR count). The van der Waals surface area contributed by atoms with Crippen molar-refractivity contribution < 1.29 is 9.90 Å². The maximum absolute atomic E-state index is 11.2. The molecule has 1 saturated carbocycles. The fourth-order valence-electron chi connectivity index (χ4n) is 3.01. The Morgan fingerprint density at radius 1 is 1.25 bits per heavy atom. The van der Waals surface area contributed by atoms with Crippen LogP contribution in [0.5, 0.6) is 0 Å². The van der Waals surface area contributed by atoms with Crippen LogP contribution >= 0.6 is 0 Å². The molecule has 1 aliphatic rings. The molecule has 2 unspecified atom stereocenters. The summed E-state index contributed by atoms with van der Waals surface area (Å²) in [7, 11) is 0. The van der Waals surface area contributed by atoms with Crippen LogP contribution in [0, 0.1) is 11.8 Å². The number of pyridine rings is 1. The first-order valence-electron chi connectivity index (χ1n) is 7.06. The van der Waals surface area contributed by atoms with Gasteiger partial charge in [-0.1, -0.05) is 24.6 Å². The molecule has 1 heterocycles. The molecule has 0 spiro atoms. The number of carboxylic acid groups (broad SMARTS) is 1. The third kappa shape index (κ3) is 2.59. The zero-order chi connectivity index (χ0) is 13.9. The number of aliphatic carboxylic acids is 1. The van der Waals surface area contributed by atoms with Crippen LogP contribution in [0.1, 0.15) is 19.3 Å². The van der Waals surface area contributed by atoms with E-state index in [2.05, 4.69) is 10.3 Å². The maximum Gasteiger partial charge on any atom is 0.306 e. The van der Waals surface area contributed by atoms with Crippen LogP contribution < -0.4 is 5.32 Å². The Morgan fingerprint density at radius 2 is 2.10 bits per heavy atom. The number of aromatic nitrogens is 1. The average Bonchev–Trinajstić information content (AvgIpc) is 2.93. The fraction of sp³-hybridized carbons (Fsp3) is 0.375. The summed E-state index contributed by atoms with van der Waals surface area (Å²) in [6.07, 6.45) is 2.79. The monoisotopic (exact) mass is 270 g/mol. The van der Waals surface area contributed by atoms with Crippen molar-refractivity contribution in [3.05, 3.63) is 36.4 Å². The summed E-state index contributed by atoms with van der Waals surface area (Å²) in [6, 6.07) is 12.0. The van der Waals surface area contributed by atoms with Crippen molar-refractivity contribution in [1.82, 2.24) is 4.98 Å². The van der Waals surface area contributed by atoms with E-state index >= 15 is 0 Å². The van der Waals surface area contributed by atoms with Crippen molar-refractivity contribution in [2.24, 2.45) is 11.8 Å². The van der Waals surface area contributed by atoms with Crippen molar-refractivity contribution in [2.75, 3.05) is 11.9 Å². The molecule has 4 heteroatoms. The van der Waals surface area contributed by atoms with E-state index in [9.17, 15) is 9.90 Å². The molecule has 104 valence electrons. The molecule has 1 aromatic heterocycles. The summed E-state index contributed by atoms with van der Waals surface area (Å²) < 4.78 is 0. The highest BCUT2D eigenvalue weighted by molar-refractivity contribution is 5.80. The van der Waals surface area contributed by atoms with Crippen LogP contribution in [0.2, 0.25) is 0 Å². The molecular formula is C16H18N2O2. The number of hydrogen-bond acceptors (Lipinski definition) is 3. The van der Waals surface area contributed by atoms with E-state index in [1.165, 1.54) is 0 Å². The summed E-state index contributed by atoms with van der Waals surface area (Å²) in [4.78, 5) is 15.7. The van der Waals surface area contributed by atoms with Gasteiger partial charge >= 0.3 is 5.97 Å². The first-order valence-corrected chi connectivity index (χ1v) is 7.06. The van der Waals surface area contributed by atoms with Crippen molar-refractivity contribution in [3.8, 4) is 0 Å². The minimum atomic E-state index is -0.666. The number of nitrogens with zero attached hydrogens (tertiary/aromatic N) is 1. The molecule has 0 aliphatic heterocycles. The standard InChI is InChI=1S/C16H18N2O2/c19-16(20)13-6-3-5-12(13)10-17-15-9-8-11-4-1-2-7-14(11)18-15/h1-2,4,7-9,12-13H,3,5-6,10H2,(H,17,18)(H,19,20). The van der Waals surface area contributed by atoms with Gasteiger partial charge in [0, 0.05) is 11.9 Å². The minimum Gasteiger partial charge on any atom is -0.481 e. The van der Waals surface area contributed by atoms with Gasteiger partial charge in [0.1, 0.15) is 5.82 Å². The smallest absolute Gasteiger partial charge is 0.306 e. The van der Waals surface area contributed by atoms with Gasteiger partial charge in [0.05, 0.1) is 11.4 Å². The lowest BCUT2D eigenvalue weighted by atomic mass is 9.96. The summed E-state index contributed by atoms with van der Waals surface area (Å²) >= 11 is 0. The number of fused-ring (bicyclic) bond motifs is 1. The zero-order valence-electron chi connectivity index (χ0n) is 11.2. The molecule has 20 heavy (non-hydrogen) atoms. The van der Waals surface area contributed by atoms with Gasteiger partial charge in [-0.05, 0) is 37.0 Å². The molecule has 0 radical (unpaired) electrons. The van der Waals surface area contributed by atoms with E-state index in [0.29, 0.717) is 6.54 Å². The lowest BCUT2D eigenvalue weighted by Crippen LogP contribution is -2.24. The molecule has 0 bridgehead atoms. The third-order valence-electron chi connectivity index (χ3n) is 4.12. The van der Waals surface area contributed by atoms with E-state index in [1.807, 2.05) is 36.4 Å². The Balaban J connectivity index is 1.69. The highest BCUT2D eigenvalue weighted by Gasteiger charge is 2.32. The largest absolute Gasteiger partial charge is 0.481 e. The quantitative estimate of drug-likeness (QED) is 0.896. The number of carbonyl (C=O) groups is 1. The van der Waals surface area contributed by atoms with E-state index in [-0.39, 0.29) is 11.8 Å². The number of rotatable bonds is 4. The van der Waals surface area contributed by atoms with Gasteiger partial charge in [0.25, 0.3) is 0 Å². The second-order valence-corrected chi connectivity index (χ2v) is 5.41. The number of anilines is 1. The molecule has 2 atom stereocenters. The lowest BCUT2D eigenvalue weighted by Gasteiger charge is -2.16. The summed E-state index contributed by atoms with van der Waals surface area (Å²) in [6.45, 7) is 0.683. The third-order valence-corrected chi connectivity index (χ3v) is 4.12. The first-order chi connectivity index (χ1) is 9.74. The van der Waals surface area contributed by atoms with E-state index in [4.69, 9.17) is 0 Å². The van der Waals surface area contributed by atoms with Crippen LogP contribution in [-0.4, -0.2) is 22.6 Å². The minimum absolute atomic E-state index is 0.206. The molecule has 2 aromatic rings. The second-order valence-electron chi connectivity index (χ2n) is 5.41. The first kappa shape index (κ1) is 12.9. The number of hydrogen-bond donors (Lipinski definition) is 2. The van der Waals surface area contributed by atoms with Gasteiger partial charge in [-0.3, -0.25) is 4.79 Å². The average molecular weight is 270 g/mol. The summed E-state index contributed by atoms with van der Waals surface area (Å²) in [5, 5.41) is 13.6. The molecule has 0 saturated heterocycles. The number of carboxylic acids is 1. The molecular weight excluding hydrogens is 252 g/mol. The number of benzene rings is 1. The molecule has 4 nitrogen and oxygen atoms in total. The van der Waals surface area contributed by atoms with Crippen molar-refractivity contribution in [2.45, 2.75) is 19.3 Å². The van der Waals surface area contributed by atoms with Gasteiger partial charge in [0.15, 0.2) is 0 Å². The van der Waals surface area contributed by atoms with Crippen LogP contribution in [-0.2, 0) is 4.79 Å². The number of para-hydroxylation sites is 1. The topological polar surface area (TPSA) is 62.2 Å². The van der Waals surface area contributed by atoms with Gasteiger partial charge in [0.2, 0.25) is 0 Å². The van der Waals surface area contributed by atoms with Gasteiger partial charge < -0.3 is 10.4 Å². The van der Waals surface area contributed by atoms with Gasteiger partial charge in [-0.15, -0.1) is 0 Å². The SMILES string of the molecule is O=C(O)C1CCCC1CNc1ccc2ccccc2n1. The Hall–Kier alpha value is -2.10. The Morgan fingerprint density at radius 3 is 2.95 bits per heavy atom. The van der Waals surface area contributed by atoms with Crippen molar-refractivity contribution in [3.63, 3.8) is 0 Å².